The second kappa shape index (κ2) is 4.25. The van der Waals surface area contributed by atoms with E-state index in [4.69, 9.17) is 4.55 Å². The van der Waals surface area contributed by atoms with Crippen LogP contribution < -0.4 is 3.75 Å². The van der Waals surface area contributed by atoms with Crippen LogP contribution >= 0.6 is 16.1 Å². The molecular formula is H3BrNNaO3S. The summed E-state index contributed by atoms with van der Waals surface area (Å²) in [5.41, 5.74) is 0. The monoisotopic (exact) mass is 199 g/mol. The predicted molar refractivity (Wildman–Crippen MR) is 30.8 cm³/mol. The third kappa shape index (κ3) is 11.1. The Morgan fingerprint density at radius 1 is 1.57 bits per heavy atom. The van der Waals surface area contributed by atoms with Crippen LogP contribution in [-0.4, -0.2) is 42.5 Å². The van der Waals surface area contributed by atoms with Crippen molar-refractivity contribution in [3.8, 4) is 0 Å². The van der Waals surface area contributed by atoms with E-state index in [2.05, 4.69) is 16.1 Å². The van der Waals surface area contributed by atoms with E-state index in [0.29, 0.717) is 0 Å². The van der Waals surface area contributed by atoms with Gasteiger partial charge in [-0.25, -0.2) is 0 Å². The van der Waals surface area contributed by atoms with E-state index in [-0.39, 0.29) is 29.6 Å². The molecule has 0 radical (unpaired) electrons. The van der Waals surface area contributed by atoms with Gasteiger partial charge in [0.25, 0.3) is 0 Å². The Morgan fingerprint density at radius 3 is 1.71 bits per heavy atom. The molecule has 0 saturated heterocycles. The average molecular weight is 200 g/mol. The Bertz CT molecular complexity index is 117. The van der Waals surface area contributed by atoms with Crippen LogP contribution in [0.1, 0.15) is 0 Å². The third-order valence-corrected chi connectivity index (χ3v) is 1.52. The van der Waals surface area contributed by atoms with Crippen molar-refractivity contribution < 1.29 is 13.0 Å². The molecule has 0 aromatic carbocycles. The van der Waals surface area contributed by atoms with Gasteiger partial charge in [-0.15, -0.1) is 3.75 Å². The number of nitrogens with one attached hydrogen (secondary N) is 1. The minimum atomic E-state index is -4.00. The normalized spacial score (nSPS) is 10.0. The summed E-state index contributed by atoms with van der Waals surface area (Å²) in [5.74, 6) is 0. The van der Waals surface area contributed by atoms with Crippen LogP contribution in [0.15, 0.2) is 0 Å². The summed E-state index contributed by atoms with van der Waals surface area (Å²) < 4.78 is 27.9. The van der Waals surface area contributed by atoms with E-state index < -0.39 is 10.3 Å². The fraction of sp³-hybridized carbons (Fsp3) is 0. The molecule has 7 heteroatoms. The molecule has 0 spiro atoms. The Hall–Kier alpha value is 1.35. The third-order valence-electron chi connectivity index (χ3n) is 0.0975. The van der Waals surface area contributed by atoms with Gasteiger partial charge in [-0.2, -0.15) is 8.42 Å². The molecule has 0 aliphatic heterocycles. The molecule has 0 saturated carbocycles. The Balaban J connectivity index is 0. The molecule has 0 aromatic rings. The van der Waals surface area contributed by atoms with Crippen molar-refractivity contribution in [1.82, 2.24) is 3.75 Å². The molecule has 4 nitrogen and oxygen atoms in total. The van der Waals surface area contributed by atoms with Crippen molar-refractivity contribution in [3.05, 3.63) is 0 Å². The van der Waals surface area contributed by atoms with Crippen molar-refractivity contribution in [3.63, 3.8) is 0 Å². The topological polar surface area (TPSA) is 66.4 Å². The number of rotatable bonds is 1. The summed E-state index contributed by atoms with van der Waals surface area (Å²) in [6, 6.07) is 0. The van der Waals surface area contributed by atoms with Crippen molar-refractivity contribution in [2.24, 2.45) is 0 Å². The van der Waals surface area contributed by atoms with Crippen LogP contribution in [0.4, 0.5) is 0 Å². The maximum atomic E-state index is 9.40. The summed E-state index contributed by atoms with van der Waals surface area (Å²) in [4.78, 5) is 0. The molecule has 0 aliphatic rings. The quantitative estimate of drug-likeness (QED) is 0.325. The SMILES string of the molecule is O=S(=O)(O)NBr.[NaH]. The second-order valence-corrected chi connectivity index (χ2v) is 2.63. The predicted octanol–water partition coefficient (Wildman–Crippen LogP) is -0.960. The van der Waals surface area contributed by atoms with Crippen LogP contribution in [0.3, 0.4) is 0 Å². The fourth-order valence-corrected chi connectivity index (χ4v) is 0. The molecule has 0 fully saturated rings. The summed E-state index contributed by atoms with van der Waals surface area (Å²) in [6.45, 7) is 0. The van der Waals surface area contributed by atoms with Gasteiger partial charge in [0.1, 0.15) is 0 Å². The summed E-state index contributed by atoms with van der Waals surface area (Å²) >= 11 is 2.28. The number of halogens is 1. The zero-order chi connectivity index (χ0) is 5.21. The van der Waals surface area contributed by atoms with E-state index in [1.54, 1.807) is 0 Å². The average Bonchev–Trinajstić information content (AvgIpc) is 1.35. The zero-order valence-electron chi connectivity index (χ0n) is 2.55. The molecule has 0 unspecified atom stereocenters. The number of hydrogen-bond donors (Lipinski definition) is 2. The first kappa shape index (κ1) is 11.2. The second-order valence-electron chi connectivity index (χ2n) is 0.552. The minimum absolute atomic E-state index is 0. The van der Waals surface area contributed by atoms with Crippen LogP contribution in [0.5, 0.6) is 0 Å². The molecule has 7 heavy (non-hydrogen) atoms. The molecule has 0 amide bonds. The van der Waals surface area contributed by atoms with E-state index in [9.17, 15) is 8.42 Å². The molecule has 0 bridgehead atoms. The van der Waals surface area contributed by atoms with Crippen LogP contribution in [-0.2, 0) is 10.3 Å². The van der Waals surface area contributed by atoms with E-state index in [1.807, 2.05) is 0 Å². The molecular weight excluding hydrogens is 197 g/mol. The van der Waals surface area contributed by atoms with Crippen LogP contribution in [0.2, 0.25) is 0 Å². The zero-order valence-corrected chi connectivity index (χ0v) is 4.95. The molecule has 0 rings (SSSR count). The number of hydrogen-bond acceptors (Lipinski definition) is 2. The fourth-order valence-electron chi connectivity index (χ4n) is 0. The van der Waals surface area contributed by atoms with Crippen molar-refractivity contribution >= 4 is 56.0 Å². The van der Waals surface area contributed by atoms with Crippen LogP contribution in [0.25, 0.3) is 0 Å². The Morgan fingerprint density at radius 2 is 1.71 bits per heavy atom. The van der Waals surface area contributed by atoms with E-state index >= 15 is 0 Å². The van der Waals surface area contributed by atoms with E-state index in [1.165, 1.54) is 3.75 Å². The summed E-state index contributed by atoms with van der Waals surface area (Å²) in [7, 11) is -4.00. The van der Waals surface area contributed by atoms with Crippen molar-refractivity contribution in [1.29, 1.82) is 0 Å². The first-order valence-electron chi connectivity index (χ1n) is 0.909. The standard InChI is InChI=1S/BrH2NO3S.Na.H/c1-2-6(3,4)5;;/h2H,(H,3,4,5);;. The van der Waals surface area contributed by atoms with Gasteiger partial charge in [-0.3, -0.25) is 4.55 Å². The Labute approximate surface area is 72.2 Å². The molecule has 0 heterocycles. The Kier molecular flexibility index (Phi) is 6.79. The van der Waals surface area contributed by atoms with Crippen molar-refractivity contribution in [2.45, 2.75) is 0 Å². The first-order valence-corrected chi connectivity index (χ1v) is 3.14. The van der Waals surface area contributed by atoms with Gasteiger partial charge in [0.15, 0.2) is 0 Å². The van der Waals surface area contributed by atoms with Gasteiger partial charge in [-0.1, -0.05) is 0 Å². The first-order chi connectivity index (χ1) is 2.56. The van der Waals surface area contributed by atoms with Gasteiger partial charge >= 0.3 is 39.9 Å². The van der Waals surface area contributed by atoms with Gasteiger partial charge in [0, 0.05) is 16.1 Å². The molecule has 2 N–H and O–H groups in total. The molecule has 0 atom stereocenters. The van der Waals surface area contributed by atoms with Gasteiger partial charge in [-0.05, 0) is 0 Å². The molecule has 40 valence electrons. The van der Waals surface area contributed by atoms with E-state index in [0.717, 1.165) is 0 Å². The molecule has 0 aliphatic carbocycles. The van der Waals surface area contributed by atoms with Crippen LogP contribution in [0, 0.1) is 0 Å². The summed E-state index contributed by atoms with van der Waals surface area (Å²) in [6.07, 6.45) is 0. The van der Waals surface area contributed by atoms with Gasteiger partial charge in [0.2, 0.25) is 0 Å². The maximum absolute atomic E-state index is 9.40. The summed E-state index contributed by atoms with van der Waals surface area (Å²) in [5, 5.41) is 0. The van der Waals surface area contributed by atoms with Gasteiger partial charge in [0.05, 0.1) is 0 Å². The molecule has 0 aromatic heterocycles. The van der Waals surface area contributed by atoms with Gasteiger partial charge < -0.3 is 0 Å². The van der Waals surface area contributed by atoms with Crippen molar-refractivity contribution in [2.75, 3.05) is 0 Å².